The summed E-state index contributed by atoms with van der Waals surface area (Å²) in [5.74, 6) is 1.82. The standard InChI is InChI=1S/C13H18N2OS/c1-3-17-9-10(16)8-12-11-6-4-5-7-13(11)15(2)14-12/h4-7,10,16H,3,8-9H2,1-2H3. The molecule has 0 saturated heterocycles. The molecule has 1 atom stereocenters. The van der Waals surface area contributed by atoms with Crippen molar-refractivity contribution >= 4 is 22.7 Å². The number of benzene rings is 1. The maximum Gasteiger partial charge on any atom is 0.0729 e. The minimum absolute atomic E-state index is 0.307. The lowest BCUT2D eigenvalue weighted by molar-refractivity contribution is 0.199. The number of thioether (sulfide) groups is 1. The van der Waals surface area contributed by atoms with Crippen LogP contribution in [0.4, 0.5) is 0 Å². The first kappa shape index (κ1) is 12.5. The van der Waals surface area contributed by atoms with Crippen LogP contribution in [0.5, 0.6) is 0 Å². The Kier molecular flexibility index (Phi) is 4.07. The van der Waals surface area contributed by atoms with Crippen molar-refractivity contribution in [3.05, 3.63) is 30.0 Å². The molecule has 92 valence electrons. The predicted molar refractivity (Wildman–Crippen MR) is 73.4 cm³/mol. The summed E-state index contributed by atoms with van der Waals surface area (Å²) in [5.41, 5.74) is 2.12. The van der Waals surface area contributed by atoms with Crippen molar-refractivity contribution in [1.29, 1.82) is 0 Å². The highest BCUT2D eigenvalue weighted by atomic mass is 32.2. The van der Waals surface area contributed by atoms with Gasteiger partial charge in [-0.2, -0.15) is 16.9 Å². The van der Waals surface area contributed by atoms with Crippen LogP contribution in [0.15, 0.2) is 24.3 Å². The molecular weight excluding hydrogens is 232 g/mol. The molecular formula is C13H18N2OS. The topological polar surface area (TPSA) is 38.1 Å². The number of aliphatic hydroxyl groups excluding tert-OH is 1. The van der Waals surface area contributed by atoms with E-state index in [-0.39, 0.29) is 6.10 Å². The van der Waals surface area contributed by atoms with Gasteiger partial charge in [0.1, 0.15) is 0 Å². The Morgan fingerprint density at radius 3 is 2.94 bits per heavy atom. The van der Waals surface area contributed by atoms with Gasteiger partial charge in [-0.3, -0.25) is 4.68 Å². The van der Waals surface area contributed by atoms with Crippen LogP contribution in [0.3, 0.4) is 0 Å². The van der Waals surface area contributed by atoms with E-state index in [2.05, 4.69) is 24.2 Å². The molecule has 1 aromatic heterocycles. The van der Waals surface area contributed by atoms with Gasteiger partial charge in [-0.15, -0.1) is 0 Å². The number of aromatic nitrogens is 2. The van der Waals surface area contributed by atoms with Crippen LogP contribution in [-0.2, 0) is 13.5 Å². The zero-order chi connectivity index (χ0) is 12.3. The van der Waals surface area contributed by atoms with E-state index in [4.69, 9.17) is 0 Å². The maximum atomic E-state index is 9.93. The third kappa shape index (κ3) is 2.82. The maximum absolute atomic E-state index is 9.93. The Morgan fingerprint density at radius 2 is 2.18 bits per heavy atom. The van der Waals surface area contributed by atoms with Gasteiger partial charge < -0.3 is 5.11 Å². The molecule has 2 aromatic rings. The van der Waals surface area contributed by atoms with E-state index in [0.29, 0.717) is 6.42 Å². The molecule has 0 aliphatic carbocycles. The highest BCUT2D eigenvalue weighted by Crippen LogP contribution is 2.19. The number of hydrogen-bond acceptors (Lipinski definition) is 3. The van der Waals surface area contributed by atoms with Crippen molar-refractivity contribution in [3.63, 3.8) is 0 Å². The van der Waals surface area contributed by atoms with E-state index in [0.717, 1.165) is 28.1 Å². The fraction of sp³-hybridized carbons (Fsp3) is 0.462. The van der Waals surface area contributed by atoms with Crippen LogP contribution < -0.4 is 0 Å². The van der Waals surface area contributed by atoms with Gasteiger partial charge in [0.25, 0.3) is 0 Å². The second kappa shape index (κ2) is 5.56. The minimum atomic E-state index is -0.307. The fourth-order valence-corrected chi connectivity index (χ4v) is 2.60. The van der Waals surface area contributed by atoms with Gasteiger partial charge in [0, 0.05) is 24.6 Å². The second-order valence-corrected chi connectivity index (χ2v) is 5.42. The lowest BCUT2D eigenvalue weighted by atomic mass is 10.1. The van der Waals surface area contributed by atoms with Gasteiger partial charge in [-0.1, -0.05) is 25.1 Å². The van der Waals surface area contributed by atoms with Crippen LogP contribution in [-0.4, -0.2) is 32.5 Å². The second-order valence-electron chi connectivity index (χ2n) is 4.10. The largest absolute Gasteiger partial charge is 0.392 e. The number of nitrogens with zero attached hydrogens (tertiary/aromatic N) is 2. The molecule has 0 bridgehead atoms. The summed E-state index contributed by atoms with van der Waals surface area (Å²) in [6.45, 7) is 2.10. The third-order valence-electron chi connectivity index (χ3n) is 2.78. The van der Waals surface area contributed by atoms with Crippen LogP contribution in [0.25, 0.3) is 10.9 Å². The van der Waals surface area contributed by atoms with E-state index >= 15 is 0 Å². The van der Waals surface area contributed by atoms with Gasteiger partial charge in [-0.05, 0) is 11.8 Å². The fourth-order valence-electron chi connectivity index (χ4n) is 1.98. The number of aryl methyl sites for hydroxylation is 1. The van der Waals surface area contributed by atoms with Crippen LogP contribution in [0.1, 0.15) is 12.6 Å². The Hall–Kier alpha value is -1.00. The Balaban J connectivity index is 2.18. The Morgan fingerprint density at radius 1 is 1.41 bits per heavy atom. The number of rotatable bonds is 5. The number of para-hydroxylation sites is 1. The molecule has 2 rings (SSSR count). The van der Waals surface area contributed by atoms with Crippen LogP contribution >= 0.6 is 11.8 Å². The smallest absolute Gasteiger partial charge is 0.0729 e. The number of fused-ring (bicyclic) bond motifs is 1. The molecule has 0 fully saturated rings. The average molecular weight is 250 g/mol. The van der Waals surface area contributed by atoms with Crippen LogP contribution in [0.2, 0.25) is 0 Å². The Labute approximate surface area is 106 Å². The van der Waals surface area contributed by atoms with E-state index in [1.165, 1.54) is 0 Å². The quantitative estimate of drug-likeness (QED) is 0.884. The average Bonchev–Trinajstić information content (AvgIpc) is 2.65. The molecule has 0 aliphatic rings. The summed E-state index contributed by atoms with van der Waals surface area (Å²) < 4.78 is 1.88. The molecule has 0 amide bonds. The summed E-state index contributed by atoms with van der Waals surface area (Å²) in [6, 6.07) is 8.15. The molecule has 4 heteroatoms. The normalized spacial score (nSPS) is 13.1. The van der Waals surface area contributed by atoms with Gasteiger partial charge in [0.05, 0.1) is 17.3 Å². The van der Waals surface area contributed by atoms with E-state index in [9.17, 15) is 5.11 Å². The first-order valence-corrected chi connectivity index (χ1v) is 7.04. The molecule has 1 aromatic carbocycles. The van der Waals surface area contributed by atoms with Crippen molar-refractivity contribution in [2.45, 2.75) is 19.4 Å². The van der Waals surface area contributed by atoms with Gasteiger partial charge >= 0.3 is 0 Å². The molecule has 0 aliphatic heterocycles. The summed E-state index contributed by atoms with van der Waals surface area (Å²) in [5, 5.41) is 15.6. The minimum Gasteiger partial charge on any atom is -0.392 e. The lowest BCUT2D eigenvalue weighted by Crippen LogP contribution is -2.14. The van der Waals surface area contributed by atoms with Gasteiger partial charge in [0.15, 0.2) is 0 Å². The monoisotopic (exact) mass is 250 g/mol. The van der Waals surface area contributed by atoms with Crippen molar-refractivity contribution in [2.24, 2.45) is 7.05 Å². The van der Waals surface area contributed by atoms with E-state index < -0.39 is 0 Å². The molecule has 0 radical (unpaired) electrons. The first-order chi connectivity index (χ1) is 8.22. The van der Waals surface area contributed by atoms with E-state index in [1.54, 1.807) is 11.8 Å². The number of aliphatic hydroxyl groups is 1. The van der Waals surface area contributed by atoms with Crippen molar-refractivity contribution in [2.75, 3.05) is 11.5 Å². The number of hydrogen-bond donors (Lipinski definition) is 1. The van der Waals surface area contributed by atoms with Crippen molar-refractivity contribution in [1.82, 2.24) is 9.78 Å². The molecule has 3 nitrogen and oxygen atoms in total. The van der Waals surface area contributed by atoms with Gasteiger partial charge in [-0.25, -0.2) is 0 Å². The zero-order valence-electron chi connectivity index (χ0n) is 10.3. The molecule has 0 saturated carbocycles. The SMILES string of the molecule is CCSCC(O)Cc1nn(C)c2ccccc12. The highest BCUT2D eigenvalue weighted by molar-refractivity contribution is 7.99. The molecule has 1 N–H and O–H groups in total. The van der Waals surface area contributed by atoms with Crippen molar-refractivity contribution < 1.29 is 5.11 Å². The zero-order valence-corrected chi connectivity index (χ0v) is 11.1. The summed E-state index contributed by atoms with van der Waals surface area (Å²) in [6.07, 6.45) is 0.326. The lowest BCUT2D eigenvalue weighted by Gasteiger charge is -2.07. The molecule has 0 spiro atoms. The van der Waals surface area contributed by atoms with Crippen molar-refractivity contribution in [3.8, 4) is 0 Å². The summed E-state index contributed by atoms with van der Waals surface area (Å²) in [7, 11) is 1.94. The van der Waals surface area contributed by atoms with Gasteiger partial charge in [0.2, 0.25) is 0 Å². The summed E-state index contributed by atoms with van der Waals surface area (Å²) >= 11 is 1.76. The highest BCUT2D eigenvalue weighted by Gasteiger charge is 2.12. The molecule has 1 heterocycles. The molecule has 17 heavy (non-hydrogen) atoms. The van der Waals surface area contributed by atoms with E-state index in [1.807, 2.05) is 23.9 Å². The Bertz CT molecular complexity index is 495. The van der Waals surface area contributed by atoms with Crippen LogP contribution in [0, 0.1) is 0 Å². The summed E-state index contributed by atoms with van der Waals surface area (Å²) in [4.78, 5) is 0. The third-order valence-corrected chi connectivity index (χ3v) is 3.81. The first-order valence-electron chi connectivity index (χ1n) is 5.88. The molecule has 1 unspecified atom stereocenters. The predicted octanol–water partition coefficient (Wildman–Crippen LogP) is 2.23.